The van der Waals surface area contributed by atoms with Gasteiger partial charge in [0, 0.05) is 61.9 Å². The highest BCUT2D eigenvalue weighted by Gasteiger charge is 2.18. The van der Waals surface area contributed by atoms with E-state index >= 15 is 0 Å². The van der Waals surface area contributed by atoms with Gasteiger partial charge in [-0.3, -0.25) is 9.97 Å². The zero-order valence-corrected chi connectivity index (χ0v) is 35.4. The third-order valence-corrected chi connectivity index (χ3v) is 12.4. The van der Waals surface area contributed by atoms with Crippen LogP contribution in [-0.2, 0) is 0 Å². The van der Waals surface area contributed by atoms with Gasteiger partial charge in [-0.05, 0) is 131 Å². The Labute approximate surface area is 377 Å². The number of benzene rings is 9. The Hall–Kier alpha value is -8.80. The lowest BCUT2D eigenvalue weighted by Crippen LogP contribution is -2.09. The number of aromatic nitrogens is 3. The largest absolute Gasteiger partial charge is 0.311 e. The van der Waals surface area contributed by atoms with Crippen LogP contribution in [0.2, 0.25) is 0 Å². The van der Waals surface area contributed by atoms with E-state index in [9.17, 15) is 0 Å². The summed E-state index contributed by atoms with van der Waals surface area (Å²) in [7, 11) is 0. The van der Waals surface area contributed by atoms with Crippen molar-refractivity contribution in [2.24, 2.45) is 0 Å². The molecular weight excluding hydrogens is 791 g/mol. The molecule has 0 saturated heterocycles. The van der Waals surface area contributed by atoms with Gasteiger partial charge >= 0.3 is 0 Å². The lowest BCUT2D eigenvalue weighted by atomic mass is 9.99. The number of rotatable bonds is 9. The number of anilines is 6. The molecular formula is C60H41N5. The predicted octanol–water partition coefficient (Wildman–Crippen LogP) is 16.2. The smallest absolute Gasteiger partial charge is 0.0966 e. The van der Waals surface area contributed by atoms with Crippen molar-refractivity contribution in [3.63, 3.8) is 0 Å². The highest BCUT2D eigenvalue weighted by molar-refractivity contribution is 6.12. The summed E-state index contributed by atoms with van der Waals surface area (Å²) in [4.78, 5) is 14.3. The molecule has 0 fully saturated rings. The molecule has 3 heterocycles. The highest BCUT2D eigenvalue weighted by Crippen LogP contribution is 2.41. The van der Waals surface area contributed by atoms with Crippen molar-refractivity contribution in [1.82, 2.24) is 14.5 Å². The first kappa shape index (κ1) is 37.9. The van der Waals surface area contributed by atoms with E-state index in [2.05, 4.69) is 245 Å². The van der Waals surface area contributed by atoms with Gasteiger partial charge in [0.15, 0.2) is 0 Å². The van der Waals surface area contributed by atoms with Crippen molar-refractivity contribution >= 4 is 77.7 Å². The molecule has 0 radical (unpaired) electrons. The lowest BCUT2D eigenvalue weighted by Gasteiger charge is -2.25. The van der Waals surface area contributed by atoms with Crippen molar-refractivity contribution in [2.75, 3.05) is 9.80 Å². The summed E-state index contributed by atoms with van der Waals surface area (Å²) in [5.41, 5.74) is 16.3. The number of para-hydroxylation sites is 4. The van der Waals surface area contributed by atoms with Crippen LogP contribution in [0.4, 0.5) is 34.1 Å². The molecule has 3 aromatic heterocycles. The van der Waals surface area contributed by atoms with E-state index in [1.54, 1.807) is 0 Å². The molecule has 0 aliphatic heterocycles. The quantitative estimate of drug-likeness (QED) is 0.136. The van der Waals surface area contributed by atoms with E-state index in [0.29, 0.717) is 0 Å². The molecule has 0 N–H and O–H groups in total. The zero-order chi connectivity index (χ0) is 43.1. The highest BCUT2D eigenvalue weighted by atomic mass is 15.1. The Morgan fingerprint density at radius 2 is 0.708 bits per heavy atom. The zero-order valence-electron chi connectivity index (χ0n) is 35.4. The number of pyridine rings is 2. The molecule has 0 amide bonds. The summed E-state index contributed by atoms with van der Waals surface area (Å²) >= 11 is 0. The maximum Gasteiger partial charge on any atom is 0.0966 e. The molecule has 9 aromatic carbocycles. The van der Waals surface area contributed by atoms with Gasteiger partial charge in [-0.1, -0.05) is 127 Å². The second kappa shape index (κ2) is 16.2. The average Bonchev–Trinajstić information content (AvgIpc) is 3.71. The first-order chi connectivity index (χ1) is 32.2. The first-order valence-corrected chi connectivity index (χ1v) is 22.0. The third kappa shape index (κ3) is 6.93. The Kier molecular flexibility index (Phi) is 9.42. The summed E-state index contributed by atoms with van der Waals surface area (Å²) in [6.45, 7) is 0. The summed E-state index contributed by atoms with van der Waals surface area (Å²) < 4.78 is 2.36. The molecule has 12 aromatic rings. The number of fused-ring (bicyclic) bond motifs is 6. The average molecular weight is 832 g/mol. The van der Waals surface area contributed by atoms with Gasteiger partial charge in [0.25, 0.3) is 0 Å². The van der Waals surface area contributed by atoms with Crippen molar-refractivity contribution < 1.29 is 0 Å². The summed E-state index contributed by atoms with van der Waals surface area (Å²) in [6, 6.07) is 84.3. The molecule has 306 valence electrons. The van der Waals surface area contributed by atoms with Gasteiger partial charge in [-0.15, -0.1) is 0 Å². The van der Waals surface area contributed by atoms with E-state index in [-0.39, 0.29) is 0 Å². The fourth-order valence-corrected chi connectivity index (χ4v) is 9.32. The van der Waals surface area contributed by atoms with Crippen LogP contribution in [0.5, 0.6) is 0 Å². The Bertz CT molecular complexity index is 3360. The summed E-state index contributed by atoms with van der Waals surface area (Å²) in [6.07, 6.45) is 3.83. The second-order valence-corrected chi connectivity index (χ2v) is 16.3. The van der Waals surface area contributed by atoms with Crippen LogP contribution in [0.15, 0.2) is 249 Å². The lowest BCUT2D eigenvalue weighted by molar-refractivity contribution is 1.16. The van der Waals surface area contributed by atoms with Gasteiger partial charge in [-0.25, -0.2) is 0 Å². The molecule has 5 nitrogen and oxygen atoms in total. The van der Waals surface area contributed by atoms with E-state index in [0.717, 1.165) is 94.9 Å². The van der Waals surface area contributed by atoms with Crippen molar-refractivity contribution in [3.8, 4) is 27.9 Å². The SMILES string of the molecule is c1ccc(N(c2ccccc2)c2ccc(-c3ccc4c(c3)c3cc(-c5ccc(N(c6ccccc6)c6ccccc6)cc5)ccc3n4-c3cnc4c(ccc5cccnc54)c3)cc2)cc1. The van der Waals surface area contributed by atoms with Crippen LogP contribution in [0.1, 0.15) is 0 Å². The van der Waals surface area contributed by atoms with Crippen molar-refractivity contribution in [3.05, 3.63) is 249 Å². The van der Waals surface area contributed by atoms with E-state index < -0.39 is 0 Å². The van der Waals surface area contributed by atoms with Crippen LogP contribution in [-0.4, -0.2) is 14.5 Å². The summed E-state index contributed by atoms with van der Waals surface area (Å²) in [5, 5.41) is 4.49. The Balaban J connectivity index is 0.978. The minimum atomic E-state index is 0.903. The van der Waals surface area contributed by atoms with Crippen molar-refractivity contribution in [2.45, 2.75) is 0 Å². The van der Waals surface area contributed by atoms with Crippen LogP contribution in [0.3, 0.4) is 0 Å². The van der Waals surface area contributed by atoms with Gasteiger partial charge in [0.1, 0.15) is 0 Å². The molecule has 12 rings (SSSR count). The minimum Gasteiger partial charge on any atom is -0.311 e. The molecule has 0 spiro atoms. The van der Waals surface area contributed by atoms with Gasteiger partial charge in [-0.2, -0.15) is 0 Å². The van der Waals surface area contributed by atoms with E-state index in [1.807, 2.05) is 18.5 Å². The number of hydrogen-bond donors (Lipinski definition) is 0. The Morgan fingerprint density at radius 3 is 1.17 bits per heavy atom. The van der Waals surface area contributed by atoms with Crippen LogP contribution in [0, 0.1) is 0 Å². The molecule has 0 aliphatic rings. The molecule has 0 unspecified atom stereocenters. The van der Waals surface area contributed by atoms with Crippen LogP contribution < -0.4 is 9.80 Å². The minimum absolute atomic E-state index is 0.903. The topological polar surface area (TPSA) is 37.2 Å². The first-order valence-electron chi connectivity index (χ1n) is 22.0. The normalized spacial score (nSPS) is 11.4. The maximum atomic E-state index is 5.05. The number of nitrogens with zero attached hydrogens (tertiary/aromatic N) is 5. The fraction of sp³-hybridized carbons (Fsp3) is 0. The van der Waals surface area contributed by atoms with Gasteiger partial charge < -0.3 is 14.4 Å². The monoisotopic (exact) mass is 831 g/mol. The van der Waals surface area contributed by atoms with Gasteiger partial charge in [0.2, 0.25) is 0 Å². The molecule has 0 bridgehead atoms. The second-order valence-electron chi connectivity index (χ2n) is 16.3. The molecule has 5 heteroatoms. The van der Waals surface area contributed by atoms with Gasteiger partial charge in [0.05, 0.1) is 34.0 Å². The fourth-order valence-electron chi connectivity index (χ4n) is 9.32. The third-order valence-electron chi connectivity index (χ3n) is 12.4. The van der Waals surface area contributed by atoms with E-state index in [4.69, 9.17) is 9.97 Å². The molecule has 0 saturated carbocycles. The maximum absolute atomic E-state index is 5.05. The van der Waals surface area contributed by atoms with Crippen molar-refractivity contribution in [1.29, 1.82) is 0 Å². The molecule has 65 heavy (non-hydrogen) atoms. The van der Waals surface area contributed by atoms with Crippen LogP contribution >= 0.6 is 0 Å². The Morgan fingerprint density at radius 1 is 0.308 bits per heavy atom. The summed E-state index contributed by atoms with van der Waals surface area (Å²) in [5.74, 6) is 0. The predicted molar refractivity (Wildman–Crippen MR) is 272 cm³/mol. The number of hydrogen-bond acceptors (Lipinski definition) is 4. The molecule has 0 aliphatic carbocycles. The van der Waals surface area contributed by atoms with E-state index in [1.165, 1.54) is 10.8 Å². The standard InChI is InChI=1S/C60H41N5/c1-5-15-48(16-6-1)63(49-17-7-2-8-18-49)52-31-25-42(26-32-52)45-29-35-57-55(39-45)56-40-46(43-27-33-53(34-28-43)64(50-19-9-3-10-20-50)51-21-11-4-12-22-51)30-36-58(56)65(57)54-38-47-24-23-44-14-13-37-61-59(44)60(47)62-41-54/h1-41H. The molecule has 0 atom stereocenters. The van der Waals surface area contributed by atoms with Crippen LogP contribution in [0.25, 0.3) is 71.6 Å².